The molecule has 0 unspecified atom stereocenters. The van der Waals surface area contributed by atoms with Crippen molar-refractivity contribution in [1.29, 1.82) is 0 Å². The number of carbonyl (C=O) groups is 5. The molecule has 12 heteroatoms. The highest BCUT2D eigenvalue weighted by Crippen LogP contribution is 2.33. The van der Waals surface area contributed by atoms with Crippen LogP contribution in [0.4, 0.5) is 0 Å². The predicted molar refractivity (Wildman–Crippen MR) is 209 cm³/mol. The molecule has 5 aromatic rings. The second-order valence-electron chi connectivity index (χ2n) is 13.3. The van der Waals surface area contributed by atoms with Gasteiger partial charge in [-0.05, 0) is 79.4 Å². The summed E-state index contributed by atoms with van der Waals surface area (Å²) in [6.45, 7) is 3.84. The average Bonchev–Trinajstić information content (AvgIpc) is 3.25. The van der Waals surface area contributed by atoms with E-state index in [0.717, 1.165) is 16.9 Å². The first-order chi connectivity index (χ1) is 27.4. The van der Waals surface area contributed by atoms with Crippen LogP contribution in [-0.4, -0.2) is 81.2 Å². The molecule has 1 heterocycles. The van der Waals surface area contributed by atoms with E-state index in [1.807, 2.05) is 91.9 Å². The minimum Gasteiger partial charge on any atom is -0.489 e. The van der Waals surface area contributed by atoms with Crippen LogP contribution in [0.25, 0.3) is 0 Å². The van der Waals surface area contributed by atoms with E-state index >= 15 is 0 Å². The van der Waals surface area contributed by atoms with Gasteiger partial charge in [0.2, 0.25) is 12.2 Å². The summed E-state index contributed by atoms with van der Waals surface area (Å²) in [4.78, 5) is 62.0. The van der Waals surface area contributed by atoms with Gasteiger partial charge < -0.3 is 29.5 Å². The first-order valence-corrected chi connectivity index (χ1v) is 18.3. The lowest BCUT2D eigenvalue weighted by Crippen LogP contribution is -2.48. The summed E-state index contributed by atoms with van der Waals surface area (Å²) in [5.41, 5.74) is 1.99. The number of esters is 2. The van der Waals surface area contributed by atoms with Gasteiger partial charge in [0.25, 0.3) is 0 Å². The summed E-state index contributed by atoms with van der Waals surface area (Å²) in [5, 5.41) is 29.5. The maximum Gasteiger partial charge on any atom is 0.349 e. The summed E-state index contributed by atoms with van der Waals surface area (Å²) in [6, 6.07) is 41.8. The summed E-state index contributed by atoms with van der Waals surface area (Å²) >= 11 is 0. The van der Waals surface area contributed by atoms with E-state index in [0.29, 0.717) is 38.1 Å². The van der Waals surface area contributed by atoms with Crippen molar-refractivity contribution in [2.45, 2.75) is 50.2 Å². The normalized spacial score (nSPS) is 15.0. The second-order valence-corrected chi connectivity index (χ2v) is 13.3. The molecular formula is C45H43NO11. The first kappa shape index (κ1) is 41.5. The number of ether oxygens (including phenoxy) is 3. The molecule has 5 aromatic carbocycles. The number of carbonyl (C=O) groups excluding carboxylic acids is 3. The fourth-order valence-corrected chi connectivity index (χ4v) is 6.18. The SMILES string of the molecule is C[C@@H](C(=O)c1ccc(OCc2ccccc2)cc1)N1CCC(O)(c2ccccc2)CC1.O=C(O[C@H](C(=O)O)[C@H](OC(=O)c1ccccc1)C(=O)O)c1ccccc1. The number of aliphatic hydroxyl groups is 1. The number of likely N-dealkylation sites (tertiary alicyclic amines) is 1. The Morgan fingerprint density at radius 2 is 1.02 bits per heavy atom. The molecule has 0 spiro atoms. The lowest BCUT2D eigenvalue weighted by atomic mass is 9.84. The fraction of sp³-hybridized carbons (Fsp3) is 0.222. The number of carboxylic acids is 2. The highest BCUT2D eigenvalue weighted by molar-refractivity contribution is 6.00. The number of piperidine rings is 1. The van der Waals surface area contributed by atoms with E-state index < -0.39 is 41.7 Å². The van der Waals surface area contributed by atoms with Crippen LogP contribution in [0.1, 0.15) is 62.0 Å². The van der Waals surface area contributed by atoms with Gasteiger partial charge in [0.15, 0.2) is 5.78 Å². The van der Waals surface area contributed by atoms with Crippen molar-refractivity contribution >= 4 is 29.7 Å². The summed E-state index contributed by atoms with van der Waals surface area (Å²) in [6.07, 6.45) is -3.18. The predicted octanol–water partition coefficient (Wildman–Crippen LogP) is 6.43. The number of hydrogen-bond donors (Lipinski definition) is 3. The van der Waals surface area contributed by atoms with Crippen molar-refractivity contribution in [2.75, 3.05) is 13.1 Å². The van der Waals surface area contributed by atoms with Crippen LogP contribution in [0.5, 0.6) is 5.75 Å². The fourth-order valence-electron chi connectivity index (χ4n) is 6.18. The lowest BCUT2D eigenvalue weighted by Gasteiger charge is -2.40. The Morgan fingerprint density at radius 3 is 1.46 bits per heavy atom. The van der Waals surface area contributed by atoms with Crippen LogP contribution >= 0.6 is 0 Å². The Morgan fingerprint density at radius 1 is 0.596 bits per heavy atom. The van der Waals surface area contributed by atoms with E-state index in [2.05, 4.69) is 4.90 Å². The van der Waals surface area contributed by atoms with Gasteiger partial charge in [0, 0.05) is 18.7 Å². The van der Waals surface area contributed by atoms with Crippen molar-refractivity contribution in [2.24, 2.45) is 0 Å². The largest absolute Gasteiger partial charge is 0.489 e. The zero-order valence-corrected chi connectivity index (χ0v) is 31.2. The van der Waals surface area contributed by atoms with Crippen LogP contribution in [0.2, 0.25) is 0 Å². The first-order valence-electron chi connectivity index (χ1n) is 18.3. The van der Waals surface area contributed by atoms with Crippen molar-refractivity contribution in [3.8, 4) is 5.75 Å². The van der Waals surface area contributed by atoms with E-state index in [1.165, 1.54) is 48.5 Å². The van der Waals surface area contributed by atoms with Crippen molar-refractivity contribution in [3.05, 3.63) is 173 Å². The standard InChI is InChI=1S/C27H29NO3.C18H14O8/c1-21(28-18-16-27(30,17-19-28)24-10-6-3-7-11-24)26(29)23-12-14-25(15-13-23)31-20-22-8-4-2-5-9-22;19-15(20)13(25-17(23)11-7-3-1-4-8-11)14(16(21)22)26-18(24)12-9-5-2-6-10-12/h2-15,21,30H,16-20H2,1H3;1-10,13-14H,(H,19,20)(H,21,22)/t21-;13-,14-/m00/s1. The van der Waals surface area contributed by atoms with E-state index in [4.69, 9.17) is 14.2 Å². The van der Waals surface area contributed by atoms with E-state index in [9.17, 15) is 39.3 Å². The second kappa shape index (κ2) is 19.8. The zero-order chi connectivity index (χ0) is 40.8. The molecule has 57 heavy (non-hydrogen) atoms. The molecule has 1 fully saturated rings. The molecule has 0 bridgehead atoms. The molecule has 6 rings (SSSR count). The Kier molecular flexibility index (Phi) is 14.4. The monoisotopic (exact) mass is 773 g/mol. The van der Waals surface area contributed by atoms with Crippen molar-refractivity contribution in [1.82, 2.24) is 4.90 Å². The van der Waals surface area contributed by atoms with Crippen molar-refractivity contribution in [3.63, 3.8) is 0 Å². The number of ketones is 1. The number of hydrogen-bond acceptors (Lipinski definition) is 10. The summed E-state index contributed by atoms with van der Waals surface area (Å²) < 4.78 is 15.3. The molecular weight excluding hydrogens is 730 g/mol. The lowest BCUT2D eigenvalue weighted by molar-refractivity contribution is -0.166. The van der Waals surface area contributed by atoms with E-state index in [-0.39, 0.29) is 23.0 Å². The maximum absolute atomic E-state index is 13.0. The topological polar surface area (TPSA) is 177 Å². The van der Waals surface area contributed by atoms with Crippen LogP contribution in [0.15, 0.2) is 146 Å². The third-order valence-corrected chi connectivity index (χ3v) is 9.50. The molecule has 0 saturated carbocycles. The molecule has 0 radical (unpaired) electrons. The number of benzene rings is 5. The van der Waals surface area contributed by atoms with Gasteiger partial charge in [-0.3, -0.25) is 9.69 Å². The summed E-state index contributed by atoms with van der Waals surface area (Å²) in [7, 11) is 0. The molecule has 12 nitrogen and oxygen atoms in total. The minimum absolute atomic E-state index is 0.0253. The minimum atomic E-state index is -2.21. The zero-order valence-electron chi connectivity index (χ0n) is 31.2. The third kappa shape index (κ3) is 11.4. The Bertz CT molecular complexity index is 2020. The number of carboxylic acid groups (broad SMARTS) is 2. The van der Waals surface area contributed by atoms with Crippen LogP contribution in [0, 0.1) is 0 Å². The highest BCUT2D eigenvalue weighted by atomic mass is 16.6. The quantitative estimate of drug-likeness (QED) is 0.0834. The van der Waals surface area contributed by atoms with Gasteiger partial charge >= 0.3 is 23.9 Å². The highest BCUT2D eigenvalue weighted by Gasteiger charge is 2.41. The maximum atomic E-state index is 13.0. The van der Waals surface area contributed by atoms with Gasteiger partial charge in [-0.1, -0.05) is 97.1 Å². The molecule has 0 aromatic heterocycles. The number of aliphatic carboxylic acids is 2. The Hall–Kier alpha value is -6.63. The Labute approximate surface area is 329 Å². The van der Waals surface area contributed by atoms with E-state index in [1.54, 1.807) is 12.1 Å². The van der Waals surface area contributed by atoms with Crippen LogP contribution in [-0.2, 0) is 31.3 Å². The third-order valence-electron chi connectivity index (χ3n) is 9.50. The van der Waals surface area contributed by atoms with Gasteiger partial charge in [-0.2, -0.15) is 0 Å². The molecule has 1 saturated heterocycles. The van der Waals surface area contributed by atoms with Gasteiger partial charge in [-0.15, -0.1) is 0 Å². The number of nitrogens with zero attached hydrogens (tertiary/aromatic N) is 1. The van der Waals surface area contributed by atoms with Gasteiger partial charge in [0.1, 0.15) is 12.4 Å². The molecule has 294 valence electrons. The molecule has 1 aliphatic heterocycles. The Balaban J connectivity index is 0.000000221. The molecule has 0 amide bonds. The molecule has 3 atom stereocenters. The average molecular weight is 774 g/mol. The number of rotatable bonds is 14. The smallest absolute Gasteiger partial charge is 0.349 e. The van der Waals surface area contributed by atoms with Gasteiger partial charge in [-0.25, -0.2) is 19.2 Å². The number of Topliss-reactive ketones (excluding diaryl/α,β-unsaturated/α-hetero) is 1. The van der Waals surface area contributed by atoms with Crippen molar-refractivity contribution < 1.29 is 53.5 Å². The molecule has 0 aliphatic carbocycles. The molecule has 1 aliphatic rings. The summed E-state index contributed by atoms with van der Waals surface area (Å²) in [5.74, 6) is -4.79. The molecule has 3 N–H and O–H groups in total. The van der Waals surface area contributed by atoms with Crippen LogP contribution in [0.3, 0.4) is 0 Å². The van der Waals surface area contributed by atoms with Gasteiger partial charge in [0.05, 0.1) is 22.8 Å². The van der Waals surface area contributed by atoms with Crippen LogP contribution < -0.4 is 4.74 Å².